The van der Waals surface area contributed by atoms with Gasteiger partial charge in [0.1, 0.15) is 0 Å². The molecule has 3 rings (SSSR count). The summed E-state index contributed by atoms with van der Waals surface area (Å²) < 4.78 is 3.42. The summed E-state index contributed by atoms with van der Waals surface area (Å²) >= 11 is 0. The molecule has 2 aromatic rings. The molecule has 23 heavy (non-hydrogen) atoms. The molecule has 2 nitrogen and oxygen atoms in total. The molecule has 2 atom stereocenters. The van der Waals surface area contributed by atoms with E-state index in [-0.39, 0.29) is 16.8 Å². The first kappa shape index (κ1) is 16.7. The molecule has 2 N–H and O–H groups in total. The summed E-state index contributed by atoms with van der Waals surface area (Å²) in [6.45, 7) is 0. The van der Waals surface area contributed by atoms with Crippen LogP contribution in [0.15, 0.2) is 41.8 Å². The molecule has 1 aliphatic rings. The van der Waals surface area contributed by atoms with E-state index in [2.05, 4.69) is 28.3 Å². The minimum atomic E-state index is -0.297. The number of hydrogen-bond donors (Lipinski definition) is 2. The number of aliphatic hydroxyl groups is 1. The second-order valence-electron chi connectivity index (χ2n) is 6.61. The van der Waals surface area contributed by atoms with Gasteiger partial charge in [0.25, 0.3) is 0 Å². The van der Waals surface area contributed by atoms with E-state index in [0.717, 1.165) is 12.8 Å². The van der Waals surface area contributed by atoms with Gasteiger partial charge in [-0.15, -0.1) is 4.72 Å². The van der Waals surface area contributed by atoms with Gasteiger partial charge in [0.15, 0.2) is 10.3 Å². The third-order valence-corrected chi connectivity index (χ3v) is 6.75. The van der Waals surface area contributed by atoms with Crippen molar-refractivity contribution in [2.45, 2.75) is 57.0 Å². The Balaban J connectivity index is 1.73. The lowest BCUT2D eigenvalue weighted by molar-refractivity contribution is 0.176. The number of rotatable bonds is 6. The Labute approximate surface area is 142 Å². The Bertz CT molecular complexity index is 601. The fourth-order valence-corrected chi connectivity index (χ4v) is 5.48. The highest BCUT2D eigenvalue weighted by atomic mass is 32.2. The first-order valence-corrected chi connectivity index (χ1v) is 10.1. The lowest BCUT2D eigenvalue weighted by atomic mass is 9.83. The fourth-order valence-electron chi connectivity index (χ4n) is 3.79. The predicted molar refractivity (Wildman–Crippen MR) is 99.9 cm³/mol. The molecule has 0 aliphatic heterocycles. The molecule has 1 aromatic heterocycles. The topological polar surface area (TPSA) is 32.3 Å². The van der Waals surface area contributed by atoms with Crippen LogP contribution in [0.25, 0.3) is 0 Å². The zero-order valence-corrected chi connectivity index (χ0v) is 14.8. The van der Waals surface area contributed by atoms with Gasteiger partial charge < -0.3 is 5.11 Å². The number of nitrogens with one attached hydrogen (secondary N) is 1. The Morgan fingerprint density at radius 3 is 2.52 bits per heavy atom. The Kier molecular flexibility index (Phi) is 5.87. The van der Waals surface area contributed by atoms with E-state index in [1.807, 2.05) is 25.2 Å². The smallest absolute Gasteiger partial charge is 0.178 e. The van der Waals surface area contributed by atoms with Crippen molar-refractivity contribution in [1.29, 1.82) is 0 Å². The Morgan fingerprint density at radius 1 is 1.09 bits per heavy atom. The quantitative estimate of drug-likeness (QED) is 0.746. The van der Waals surface area contributed by atoms with Gasteiger partial charge in [-0.25, -0.2) is 0 Å². The van der Waals surface area contributed by atoms with E-state index in [0.29, 0.717) is 5.92 Å². The maximum absolute atomic E-state index is 10.6. The number of thiophene rings is 1. The van der Waals surface area contributed by atoms with Crippen LogP contribution in [0.2, 0.25) is 0 Å². The highest BCUT2D eigenvalue weighted by molar-refractivity contribution is 7.31. The van der Waals surface area contributed by atoms with Gasteiger partial charge in [-0.3, -0.25) is 0 Å². The molecule has 3 heteroatoms. The van der Waals surface area contributed by atoms with E-state index in [9.17, 15) is 5.11 Å². The van der Waals surface area contributed by atoms with Crippen molar-refractivity contribution < 1.29 is 5.11 Å². The third kappa shape index (κ3) is 4.23. The first-order chi connectivity index (χ1) is 11.3. The molecule has 2 unspecified atom stereocenters. The molecule has 0 amide bonds. The minimum Gasteiger partial charge on any atom is -0.392 e. The van der Waals surface area contributed by atoms with E-state index >= 15 is 0 Å². The summed E-state index contributed by atoms with van der Waals surface area (Å²) in [7, 11) is 2.04. The van der Waals surface area contributed by atoms with Crippen LogP contribution in [-0.4, -0.2) is 18.3 Å². The highest BCUT2D eigenvalue weighted by Gasteiger charge is 2.28. The standard InChI is InChI=1S/C20H28NOS/c1-21-23-13-12-19(17-10-6-3-7-11-17)20(23)15-18(22)14-16-8-4-2-5-9-16/h2,4-5,8-9,12-13,17-18,21-22H,3,6-7,10-11,14-15H2,1H3/q+1. The molecule has 1 saturated carbocycles. The van der Waals surface area contributed by atoms with Gasteiger partial charge >= 0.3 is 0 Å². The average Bonchev–Trinajstić information content (AvgIpc) is 2.99. The highest BCUT2D eigenvalue weighted by Crippen LogP contribution is 2.39. The van der Waals surface area contributed by atoms with Crippen molar-refractivity contribution in [3.63, 3.8) is 0 Å². The fraction of sp³-hybridized carbons (Fsp3) is 0.500. The first-order valence-electron chi connectivity index (χ1n) is 8.81. The zero-order valence-electron chi connectivity index (χ0n) is 14.0. The molecule has 1 aromatic carbocycles. The summed E-state index contributed by atoms with van der Waals surface area (Å²) in [6, 6.07) is 12.7. The van der Waals surface area contributed by atoms with Crippen molar-refractivity contribution in [1.82, 2.24) is 0 Å². The summed E-state index contributed by atoms with van der Waals surface area (Å²) in [5, 5.41) is 12.9. The summed E-state index contributed by atoms with van der Waals surface area (Å²) in [4.78, 5) is 1.45. The molecule has 1 fully saturated rings. The molecular weight excluding hydrogens is 302 g/mol. The minimum absolute atomic E-state index is 0.00670. The van der Waals surface area contributed by atoms with Crippen LogP contribution in [0.3, 0.4) is 0 Å². The van der Waals surface area contributed by atoms with E-state index in [4.69, 9.17) is 0 Å². The van der Waals surface area contributed by atoms with Crippen LogP contribution >= 0.6 is 10.7 Å². The second-order valence-corrected chi connectivity index (χ2v) is 8.45. The predicted octanol–water partition coefficient (Wildman–Crippen LogP) is 4.80. The average molecular weight is 331 g/mol. The second kappa shape index (κ2) is 8.09. The van der Waals surface area contributed by atoms with Crippen molar-refractivity contribution in [3.05, 3.63) is 57.8 Å². The Morgan fingerprint density at radius 2 is 1.83 bits per heavy atom. The normalized spacial score (nSPS) is 18.1. The molecule has 124 valence electrons. The SMILES string of the molecule is CN[s+]1ccc(C2CCCCC2)c1CC(O)Cc1ccccc1. The lowest BCUT2D eigenvalue weighted by Gasteiger charge is -2.21. The van der Waals surface area contributed by atoms with Crippen LogP contribution < -0.4 is 4.72 Å². The van der Waals surface area contributed by atoms with Gasteiger partial charge in [0.05, 0.1) is 23.2 Å². The van der Waals surface area contributed by atoms with Gasteiger partial charge in [-0.1, -0.05) is 49.6 Å². The number of aliphatic hydroxyl groups excluding tert-OH is 1. The summed E-state index contributed by atoms with van der Waals surface area (Å²) in [6.07, 6.45) is 7.97. The molecule has 0 saturated heterocycles. The van der Waals surface area contributed by atoms with Crippen LogP contribution in [-0.2, 0) is 12.8 Å². The maximum atomic E-state index is 10.6. The van der Waals surface area contributed by atoms with Gasteiger partial charge in [-0.05, 0) is 30.7 Å². The number of benzene rings is 1. The van der Waals surface area contributed by atoms with Crippen molar-refractivity contribution in [2.75, 3.05) is 11.8 Å². The largest absolute Gasteiger partial charge is 0.392 e. The van der Waals surface area contributed by atoms with Crippen LogP contribution in [0.4, 0.5) is 0 Å². The third-order valence-electron chi connectivity index (χ3n) is 4.97. The van der Waals surface area contributed by atoms with Gasteiger partial charge in [0, 0.05) is 18.7 Å². The van der Waals surface area contributed by atoms with Crippen LogP contribution in [0, 0.1) is 0 Å². The monoisotopic (exact) mass is 330 g/mol. The molecule has 1 heterocycles. The van der Waals surface area contributed by atoms with Crippen molar-refractivity contribution >= 4 is 10.7 Å². The number of hydrogen-bond acceptors (Lipinski definition) is 2. The summed E-state index contributed by atoms with van der Waals surface area (Å²) in [5.41, 5.74) is 2.74. The maximum Gasteiger partial charge on any atom is 0.178 e. The molecule has 0 radical (unpaired) electrons. The molecule has 1 aliphatic carbocycles. The van der Waals surface area contributed by atoms with E-state index < -0.39 is 0 Å². The van der Waals surface area contributed by atoms with Gasteiger partial charge in [0.2, 0.25) is 0 Å². The summed E-state index contributed by atoms with van der Waals surface area (Å²) in [5.74, 6) is 0.713. The zero-order chi connectivity index (χ0) is 16.1. The van der Waals surface area contributed by atoms with Crippen molar-refractivity contribution in [3.8, 4) is 0 Å². The van der Waals surface area contributed by atoms with Crippen LogP contribution in [0.5, 0.6) is 0 Å². The van der Waals surface area contributed by atoms with E-state index in [1.165, 1.54) is 48.1 Å². The lowest BCUT2D eigenvalue weighted by Crippen LogP contribution is -2.16. The Hall–Kier alpha value is -1.16. The van der Waals surface area contributed by atoms with Crippen molar-refractivity contribution in [2.24, 2.45) is 0 Å². The molecule has 0 spiro atoms. The van der Waals surface area contributed by atoms with Gasteiger partial charge in [-0.2, -0.15) is 0 Å². The molecular formula is C20H28NOS+. The molecule has 0 bridgehead atoms. The van der Waals surface area contributed by atoms with Crippen LogP contribution in [0.1, 0.15) is 54.0 Å². The van der Waals surface area contributed by atoms with E-state index in [1.54, 1.807) is 0 Å².